The topological polar surface area (TPSA) is 70.0 Å². The molecule has 0 aliphatic heterocycles. The number of nitriles is 1. The first-order valence-corrected chi connectivity index (χ1v) is 6.67. The standard InChI is InChI=1S/C11H13FN2O2S/c1-2-10(7-13)17(15,16)14-8-9-5-3-4-6-11(9)12/h3-6,10,14H,2,8H2,1H3/t10-/m1/s1. The molecule has 1 aromatic rings. The second kappa shape index (κ2) is 5.75. The summed E-state index contributed by atoms with van der Waals surface area (Å²) in [5.74, 6) is -0.472. The molecule has 4 nitrogen and oxygen atoms in total. The second-order valence-corrected chi connectivity index (χ2v) is 5.43. The molecule has 0 bridgehead atoms. The molecule has 1 aromatic carbocycles. The Bertz CT molecular complexity index is 523. The molecule has 0 aliphatic rings. The largest absolute Gasteiger partial charge is 0.228 e. The maximum absolute atomic E-state index is 13.2. The summed E-state index contributed by atoms with van der Waals surface area (Å²) in [6.45, 7) is 1.46. The van der Waals surface area contributed by atoms with Crippen LogP contribution in [0.4, 0.5) is 4.39 Å². The van der Waals surface area contributed by atoms with Gasteiger partial charge in [-0.05, 0) is 12.5 Å². The van der Waals surface area contributed by atoms with Gasteiger partial charge in [0.2, 0.25) is 10.0 Å². The van der Waals surface area contributed by atoms with Crippen molar-refractivity contribution in [3.63, 3.8) is 0 Å². The van der Waals surface area contributed by atoms with Gasteiger partial charge in [-0.1, -0.05) is 25.1 Å². The van der Waals surface area contributed by atoms with Gasteiger partial charge in [0.15, 0.2) is 5.25 Å². The fourth-order valence-electron chi connectivity index (χ4n) is 1.30. The van der Waals surface area contributed by atoms with Crippen LogP contribution in [-0.2, 0) is 16.6 Å². The molecule has 0 spiro atoms. The molecule has 0 amide bonds. The highest BCUT2D eigenvalue weighted by Gasteiger charge is 2.22. The average Bonchev–Trinajstić information content (AvgIpc) is 2.29. The van der Waals surface area contributed by atoms with Gasteiger partial charge in [-0.3, -0.25) is 0 Å². The van der Waals surface area contributed by atoms with Crippen molar-refractivity contribution in [2.24, 2.45) is 0 Å². The van der Waals surface area contributed by atoms with E-state index in [-0.39, 0.29) is 18.5 Å². The molecule has 1 N–H and O–H groups in total. The predicted molar refractivity (Wildman–Crippen MR) is 61.9 cm³/mol. The van der Waals surface area contributed by atoms with Crippen LogP contribution in [0.2, 0.25) is 0 Å². The number of nitrogens with one attached hydrogen (secondary N) is 1. The van der Waals surface area contributed by atoms with E-state index in [4.69, 9.17) is 5.26 Å². The van der Waals surface area contributed by atoms with Crippen molar-refractivity contribution < 1.29 is 12.8 Å². The van der Waals surface area contributed by atoms with E-state index in [1.54, 1.807) is 19.1 Å². The van der Waals surface area contributed by atoms with Gasteiger partial charge in [-0.2, -0.15) is 5.26 Å². The van der Waals surface area contributed by atoms with E-state index >= 15 is 0 Å². The Labute approximate surface area is 100 Å². The Morgan fingerprint density at radius 2 is 2.12 bits per heavy atom. The highest BCUT2D eigenvalue weighted by Crippen LogP contribution is 2.08. The van der Waals surface area contributed by atoms with Crippen LogP contribution < -0.4 is 4.72 Å². The Morgan fingerprint density at radius 3 is 2.65 bits per heavy atom. The van der Waals surface area contributed by atoms with Crippen LogP contribution in [0.1, 0.15) is 18.9 Å². The van der Waals surface area contributed by atoms with E-state index in [1.165, 1.54) is 18.2 Å². The van der Waals surface area contributed by atoms with Gasteiger partial charge >= 0.3 is 0 Å². The summed E-state index contributed by atoms with van der Waals surface area (Å²) in [5.41, 5.74) is 0.254. The van der Waals surface area contributed by atoms with Crippen LogP contribution in [0.5, 0.6) is 0 Å². The number of halogens is 1. The summed E-state index contributed by atoms with van der Waals surface area (Å²) in [4.78, 5) is 0. The van der Waals surface area contributed by atoms with Gasteiger partial charge in [-0.15, -0.1) is 0 Å². The minimum Gasteiger partial charge on any atom is -0.211 e. The number of rotatable bonds is 5. The first-order valence-electron chi connectivity index (χ1n) is 5.12. The lowest BCUT2D eigenvalue weighted by molar-refractivity contribution is 0.566. The maximum atomic E-state index is 13.2. The minimum absolute atomic E-state index is 0.146. The molecule has 0 aromatic heterocycles. The third-order valence-electron chi connectivity index (χ3n) is 2.31. The van der Waals surface area contributed by atoms with E-state index in [0.29, 0.717) is 0 Å². The molecular formula is C11H13FN2O2S. The third kappa shape index (κ3) is 3.51. The van der Waals surface area contributed by atoms with Gasteiger partial charge in [0.1, 0.15) is 5.82 Å². The molecule has 0 radical (unpaired) electrons. The molecule has 1 rings (SSSR count). The Kier molecular flexibility index (Phi) is 4.61. The number of sulfonamides is 1. The van der Waals surface area contributed by atoms with E-state index in [1.807, 2.05) is 0 Å². The summed E-state index contributed by atoms with van der Waals surface area (Å²) in [6, 6.07) is 7.59. The number of benzene rings is 1. The molecule has 0 saturated carbocycles. The quantitative estimate of drug-likeness (QED) is 0.868. The lowest BCUT2D eigenvalue weighted by Crippen LogP contribution is -2.32. The Morgan fingerprint density at radius 1 is 1.47 bits per heavy atom. The summed E-state index contributed by atoms with van der Waals surface area (Å²) < 4.78 is 38.7. The average molecular weight is 256 g/mol. The van der Waals surface area contributed by atoms with Gasteiger partial charge in [0, 0.05) is 12.1 Å². The SMILES string of the molecule is CC[C@H](C#N)S(=O)(=O)NCc1ccccc1F. The summed E-state index contributed by atoms with van der Waals surface area (Å²) in [5, 5.41) is 7.57. The number of hydrogen-bond donors (Lipinski definition) is 1. The van der Waals surface area contributed by atoms with Gasteiger partial charge in [0.25, 0.3) is 0 Å². The van der Waals surface area contributed by atoms with Crippen molar-refractivity contribution in [2.45, 2.75) is 25.1 Å². The number of nitrogens with zero attached hydrogens (tertiary/aromatic N) is 1. The molecule has 0 unspecified atom stereocenters. The summed E-state index contributed by atoms with van der Waals surface area (Å²) in [6.07, 6.45) is 0.198. The van der Waals surface area contributed by atoms with Crippen molar-refractivity contribution in [3.05, 3.63) is 35.6 Å². The maximum Gasteiger partial charge on any atom is 0.228 e. The zero-order valence-corrected chi connectivity index (χ0v) is 10.2. The van der Waals surface area contributed by atoms with Gasteiger partial charge in [-0.25, -0.2) is 17.5 Å². The van der Waals surface area contributed by atoms with Crippen LogP contribution >= 0.6 is 0 Å². The zero-order valence-electron chi connectivity index (χ0n) is 9.35. The van der Waals surface area contributed by atoms with Crippen molar-refractivity contribution in [3.8, 4) is 6.07 Å². The van der Waals surface area contributed by atoms with Crippen molar-refractivity contribution in [1.29, 1.82) is 5.26 Å². The fourth-order valence-corrected chi connectivity index (χ4v) is 2.44. The molecule has 0 saturated heterocycles. The number of hydrogen-bond acceptors (Lipinski definition) is 3. The smallest absolute Gasteiger partial charge is 0.211 e. The predicted octanol–water partition coefficient (Wildman–Crippen LogP) is 1.55. The lowest BCUT2D eigenvalue weighted by Gasteiger charge is -2.10. The molecule has 17 heavy (non-hydrogen) atoms. The summed E-state index contributed by atoms with van der Waals surface area (Å²) in [7, 11) is -3.72. The van der Waals surface area contributed by atoms with Crippen LogP contribution in [0, 0.1) is 17.1 Å². The monoisotopic (exact) mass is 256 g/mol. The highest BCUT2D eigenvalue weighted by molar-refractivity contribution is 7.90. The highest BCUT2D eigenvalue weighted by atomic mass is 32.2. The van der Waals surface area contributed by atoms with Crippen LogP contribution in [0.15, 0.2) is 24.3 Å². The molecule has 6 heteroatoms. The van der Waals surface area contributed by atoms with Crippen molar-refractivity contribution in [2.75, 3.05) is 0 Å². The van der Waals surface area contributed by atoms with Gasteiger partial charge < -0.3 is 0 Å². The molecule has 92 valence electrons. The third-order valence-corrected chi connectivity index (χ3v) is 4.05. The van der Waals surface area contributed by atoms with Crippen LogP contribution in [0.3, 0.4) is 0 Å². The molecule has 0 heterocycles. The normalized spacial score (nSPS) is 13.0. The first kappa shape index (κ1) is 13.6. The second-order valence-electron chi connectivity index (χ2n) is 3.48. The summed E-state index contributed by atoms with van der Waals surface area (Å²) >= 11 is 0. The fraction of sp³-hybridized carbons (Fsp3) is 0.364. The van der Waals surface area contributed by atoms with Crippen molar-refractivity contribution in [1.82, 2.24) is 4.72 Å². The van der Waals surface area contributed by atoms with Crippen LogP contribution in [-0.4, -0.2) is 13.7 Å². The lowest BCUT2D eigenvalue weighted by atomic mass is 10.2. The Hall–Kier alpha value is -1.45. The van der Waals surface area contributed by atoms with Gasteiger partial charge in [0.05, 0.1) is 6.07 Å². The van der Waals surface area contributed by atoms with E-state index in [0.717, 1.165) is 0 Å². The molecular weight excluding hydrogens is 243 g/mol. The van der Waals surface area contributed by atoms with Crippen molar-refractivity contribution >= 4 is 10.0 Å². The van der Waals surface area contributed by atoms with E-state index < -0.39 is 21.1 Å². The van der Waals surface area contributed by atoms with E-state index in [2.05, 4.69) is 4.72 Å². The van der Waals surface area contributed by atoms with E-state index in [9.17, 15) is 12.8 Å². The Balaban J connectivity index is 2.75. The molecule has 0 fully saturated rings. The minimum atomic E-state index is -3.72. The first-order chi connectivity index (χ1) is 8.01. The van der Waals surface area contributed by atoms with Crippen LogP contribution in [0.25, 0.3) is 0 Å². The zero-order chi connectivity index (χ0) is 12.9. The molecule has 1 atom stereocenters. The molecule has 0 aliphatic carbocycles.